The summed E-state index contributed by atoms with van der Waals surface area (Å²) < 4.78 is 6.89. The summed E-state index contributed by atoms with van der Waals surface area (Å²) >= 11 is 1.31. The molecule has 0 spiro atoms. The Morgan fingerprint density at radius 3 is 2.53 bits per heavy atom. The smallest absolute Gasteiger partial charge is 0.358 e. The van der Waals surface area contributed by atoms with Crippen molar-refractivity contribution in [3.63, 3.8) is 0 Å². The van der Waals surface area contributed by atoms with Gasteiger partial charge in [0, 0.05) is 23.9 Å². The zero-order valence-electron chi connectivity index (χ0n) is 18.3. The topological polar surface area (TPSA) is 98.1 Å². The summed E-state index contributed by atoms with van der Waals surface area (Å²) in [6.07, 6.45) is 2.21. The number of nitrogens with zero attached hydrogens (tertiary/aromatic N) is 3. The Bertz CT molecular complexity index is 1280. The van der Waals surface area contributed by atoms with Crippen LogP contribution in [0.5, 0.6) is 0 Å². The van der Waals surface area contributed by atoms with Crippen molar-refractivity contribution in [1.29, 1.82) is 0 Å². The van der Waals surface area contributed by atoms with Gasteiger partial charge in [-0.25, -0.2) is 14.5 Å². The van der Waals surface area contributed by atoms with Crippen molar-refractivity contribution in [2.75, 3.05) is 17.2 Å². The van der Waals surface area contributed by atoms with Crippen molar-refractivity contribution in [1.82, 2.24) is 14.8 Å². The van der Waals surface area contributed by atoms with Crippen molar-refractivity contribution in [2.45, 2.75) is 25.3 Å². The zero-order valence-corrected chi connectivity index (χ0v) is 19.1. The van der Waals surface area contributed by atoms with E-state index < -0.39 is 18.5 Å². The van der Waals surface area contributed by atoms with Gasteiger partial charge in [0.05, 0.1) is 11.4 Å². The summed E-state index contributed by atoms with van der Waals surface area (Å²) in [6, 6.07) is 21.4. The Labute approximate surface area is 200 Å². The molecule has 0 bridgehead atoms. The molecule has 0 radical (unpaired) electrons. The van der Waals surface area contributed by atoms with Crippen molar-refractivity contribution in [3.05, 3.63) is 89.1 Å². The maximum atomic E-state index is 12.5. The lowest BCUT2D eigenvalue weighted by atomic mass is 10.2. The van der Waals surface area contributed by atoms with Crippen LogP contribution in [-0.4, -0.2) is 33.2 Å². The van der Waals surface area contributed by atoms with Crippen LogP contribution < -0.4 is 10.6 Å². The molecular formula is C25H23N5O3S. The zero-order chi connectivity index (χ0) is 23.3. The van der Waals surface area contributed by atoms with Crippen molar-refractivity contribution >= 4 is 34.2 Å². The average Bonchev–Trinajstić information content (AvgIpc) is 3.47. The van der Waals surface area contributed by atoms with Gasteiger partial charge in [-0.1, -0.05) is 48.5 Å². The second-order valence-corrected chi connectivity index (χ2v) is 8.84. The monoisotopic (exact) mass is 473 g/mol. The van der Waals surface area contributed by atoms with E-state index in [-0.39, 0.29) is 5.69 Å². The fourth-order valence-electron chi connectivity index (χ4n) is 3.44. The van der Waals surface area contributed by atoms with Crippen molar-refractivity contribution in [2.24, 2.45) is 0 Å². The third-order valence-corrected chi connectivity index (χ3v) is 6.13. The molecule has 1 aliphatic rings. The first-order valence-electron chi connectivity index (χ1n) is 11.0. The molecule has 2 heterocycles. The highest BCUT2D eigenvalue weighted by molar-refractivity contribution is 7.13. The van der Waals surface area contributed by atoms with Crippen molar-refractivity contribution < 1.29 is 14.3 Å². The first kappa shape index (κ1) is 21.8. The van der Waals surface area contributed by atoms with E-state index in [0.717, 1.165) is 29.8 Å². The molecule has 1 fully saturated rings. The molecular weight excluding hydrogens is 450 g/mol. The minimum atomic E-state index is -0.644. The number of aromatic nitrogens is 3. The maximum absolute atomic E-state index is 12.5. The van der Waals surface area contributed by atoms with Gasteiger partial charge in [-0.2, -0.15) is 5.10 Å². The molecule has 0 aliphatic heterocycles. The van der Waals surface area contributed by atoms with Crippen LogP contribution in [0.25, 0.3) is 5.69 Å². The van der Waals surface area contributed by atoms with Gasteiger partial charge in [0.25, 0.3) is 5.91 Å². The maximum Gasteiger partial charge on any atom is 0.358 e. The molecule has 0 unspecified atom stereocenters. The van der Waals surface area contributed by atoms with Gasteiger partial charge in [-0.05, 0) is 30.5 Å². The predicted molar refractivity (Wildman–Crippen MR) is 130 cm³/mol. The number of para-hydroxylation sites is 1. The number of benzene rings is 2. The fourth-order valence-corrected chi connectivity index (χ4v) is 4.12. The standard InChI is InChI=1S/C25H23N5O3S/c31-23(28-22-13-20(18-11-12-18)29-30(22)19-9-5-2-6-10-19)15-33-24(32)21-16-34-25(27-21)26-14-17-7-3-1-4-8-17/h1-10,13,16,18H,11-12,14-15H2,(H,26,27)(H,28,31). The van der Waals surface area contributed by atoms with Gasteiger partial charge < -0.3 is 15.4 Å². The minimum Gasteiger partial charge on any atom is -0.451 e. The van der Waals surface area contributed by atoms with E-state index >= 15 is 0 Å². The van der Waals surface area contributed by atoms with Crippen LogP contribution >= 0.6 is 11.3 Å². The molecule has 1 saturated carbocycles. The number of anilines is 2. The summed E-state index contributed by atoms with van der Waals surface area (Å²) in [4.78, 5) is 29.2. The summed E-state index contributed by atoms with van der Waals surface area (Å²) in [5, 5.41) is 12.9. The lowest BCUT2D eigenvalue weighted by Crippen LogP contribution is -2.22. The second-order valence-electron chi connectivity index (χ2n) is 7.98. The largest absolute Gasteiger partial charge is 0.451 e. The number of esters is 1. The number of carbonyl (C=O) groups excluding carboxylic acids is 2. The third kappa shape index (κ3) is 5.32. The molecule has 2 aromatic heterocycles. The van der Waals surface area contributed by atoms with E-state index in [1.165, 1.54) is 11.3 Å². The molecule has 34 heavy (non-hydrogen) atoms. The Hall–Kier alpha value is -3.98. The van der Waals surface area contributed by atoms with Crippen LogP contribution in [0, 0.1) is 0 Å². The Kier molecular flexibility index (Phi) is 6.35. The Balaban J connectivity index is 1.17. The molecule has 5 rings (SSSR count). The molecule has 0 atom stereocenters. The van der Waals surface area contributed by atoms with Crippen molar-refractivity contribution in [3.8, 4) is 5.69 Å². The van der Waals surface area contributed by atoms with E-state index in [1.807, 2.05) is 66.7 Å². The van der Waals surface area contributed by atoms with Gasteiger partial charge in [-0.3, -0.25) is 4.79 Å². The number of ether oxygens (including phenoxy) is 1. The lowest BCUT2D eigenvalue weighted by molar-refractivity contribution is -0.119. The molecule has 0 saturated heterocycles. The summed E-state index contributed by atoms with van der Waals surface area (Å²) in [7, 11) is 0. The number of thiazole rings is 1. The molecule has 1 amide bonds. The summed E-state index contributed by atoms with van der Waals surface area (Å²) in [5.74, 6) is -0.0946. The molecule has 2 aromatic carbocycles. The van der Waals surface area contributed by atoms with Crippen LogP contribution in [0.1, 0.15) is 40.5 Å². The molecule has 172 valence electrons. The second kappa shape index (κ2) is 9.88. The van der Waals surface area contributed by atoms with E-state index in [1.54, 1.807) is 10.1 Å². The molecule has 2 N–H and O–H groups in total. The van der Waals surface area contributed by atoms with Gasteiger partial charge in [0.1, 0.15) is 5.82 Å². The minimum absolute atomic E-state index is 0.165. The number of hydrogen-bond acceptors (Lipinski definition) is 7. The number of hydrogen-bond donors (Lipinski definition) is 2. The number of amides is 1. The first-order chi connectivity index (χ1) is 16.7. The van der Waals surface area contributed by atoms with Crippen LogP contribution in [-0.2, 0) is 16.1 Å². The van der Waals surface area contributed by atoms with Gasteiger partial charge in [-0.15, -0.1) is 11.3 Å². The number of rotatable bonds is 9. The van der Waals surface area contributed by atoms with E-state index in [0.29, 0.717) is 23.4 Å². The highest BCUT2D eigenvalue weighted by Crippen LogP contribution is 2.40. The molecule has 1 aliphatic carbocycles. The van der Waals surface area contributed by atoms with Crippen LogP contribution in [0.2, 0.25) is 0 Å². The molecule has 8 nitrogen and oxygen atoms in total. The molecule has 4 aromatic rings. The third-order valence-electron chi connectivity index (χ3n) is 5.33. The molecule has 9 heteroatoms. The van der Waals surface area contributed by atoms with Crippen LogP contribution in [0.15, 0.2) is 72.1 Å². The number of nitrogens with one attached hydrogen (secondary N) is 2. The SMILES string of the molecule is O=C(COC(=O)c1csc(NCc2ccccc2)n1)Nc1cc(C2CC2)nn1-c1ccccc1. The Morgan fingerprint density at radius 1 is 1.06 bits per heavy atom. The number of carbonyl (C=O) groups is 2. The van der Waals surface area contributed by atoms with Gasteiger partial charge in [0.15, 0.2) is 17.4 Å². The average molecular weight is 474 g/mol. The van der Waals surface area contributed by atoms with Gasteiger partial charge in [0.2, 0.25) is 0 Å². The lowest BCUT2D eigenvalue weighted by Gasteiger charge is -2.09. The summed E-state index contributed by atoms with van der Waals surface area (Å²) in [5.41, 5.74) is 3.07. The van der Waals surface area contributed by atoms with Crippen LogP contribution in [0.3, 0.4) is 0 Å². The summed E-state index contributed by atoms with van der Waals surface area (Å²) in [6.45, 7) is 0.186. The highest BCUT2D eigenvalue weighted by Gasteiger charge is 2.28. The van der Waals surface area contributed by atoms with Crippen LogP contribution in [0.4, 0.5) is 10.9 Å². The Morgan fingerprint density at radius 2 is 1.79 bits per heavy atom. The van der Waals surface area contributed by atoms with E-state index in [2.05, 4.69) is 20.7 Å². The normalized spacial score (nSPS) is 12.8. The fraction of sp³-hybridized carbons (Fsp3) is 0.200. The highest BCUT2D eigenvalue weighted by atomic mass is 32.1. The van der Waals surface area contributed by atoms with E-state index in [9.17, 15) is 9.59 Å². The quantitative estimate of drug-likeness (QED) is 0.345. The van der Waals surface area contributed by atoms with E-state index in [4.69, 9.17) is 4.74 Å². The van der Waals surface area contributed by atoms with Gasteiger partial charge >= 0.3 is 5.97 Å². The first-order valence-corrected chi connectivity index (χ1v) is 11.9. The predicted octanol–water partition coefficient (Wildman–Crippen LogP) is 4.61.